The van der Waals surface area contributed by atoms with Gasteiger partial charge in [0, 0.05) is 19.7 Å². The highest BCUT2D eigenvalue weighted by Gasteiger charge is 2.25. The van der Waals surface area contributed by atoms with Gasteiger partial charge >= 0.3 is 0 Å². The van der Waals surface area contributed by atoms with Crippen LogP contribution in [0.4, 0.5) is 0 Å². The van der Waals surface area contributed by atoms with Crippen LogP contribution in [0.3, 0.4) is 0 Å². The van der Waals surface area contributed by atoms with Crippen LogP contribution in [0, 0.1) is 5.92 Å². The van der Waals surface area contributed by atoms with Gasteiger partial charge in [-0.3, -0.25) is 0 Å². The predicted octanol–water partition coefficient (Wildman–Crippen LogP) is 2.35. The molecule has 0 aliphatic heterocycles. The fourth-order valence-electron chi connectivity index (χ4n) is 2.69. The lowest BCUT2D eigenvalue weighted by Gasteiger charge is -2.30. The first-order chi connectivity index (χ1) is 8.28. The summed E-state index contributed by atoms with van der Waals surface area (Å²) in [6.45, 7) is 4.00. The monoisotopic (exact) mass is 241 g/mol. The van der Waals surface area contributed by atoms with Gasteiger partial charge in [0.2, 0.25) is 0 Å². The van der Waals surface area contributed by atoms with Gasteiger partial charge in [-0.1, -0.05) is 19.8 Å². The normalized spacial score (nSPS) is 31.4. The highest BCUT2D eigenvalue weighted by molar-refractivity contribution is 4.82. The molecule has 17 heavy (non-hydrogen) atoms. The molecule has 3 nitrogen and oxygen atoms in total. The number of methoxy groups -OCH3 is 1. The Balaban J connectivity index is 1.70. The smallest absolute Gasteiger partial charge is 0.0936 e. The average Bonchev–Trinajstić information content (AvgIpc) is 3.10. The van der Waals surface area contributed by atoms with Crippen LogP contribution in [-0.2, 0) is 9.47 Å². The molecule has 3 atom stereocenters. The lowest BCUT2D eigenvalue weighted by atomic mass is 9.88. The first-order valence-corrected chi connectivity index (χ1v) is 7.15. The Morgan fingerprint density at radius 3 is 2.71 bits per heavy atom. The second-order valence-electron chi connectivity index (χ2n) is 5.79. The topological polar surface area (TPSA) is 30.5 Å². The summed E-state index contributed by atoms with van der Waals surface area (Å²) in [7, 11) is 1.76. The van der Waals surface area contributed by atoms with Gasteiger partial charge in [-0.15, -0.1) is 0 Å². The van der Waals surface area contributed by atoms with Crippen molar-refractivity contribution >= 4 is 0 Å². The van der Waals surface area contributed by atoms with E-state index in [1.165, 1.54) is 38.5 Å². The van der Waals surface area contributed by atoms with E-state index in [9.17, 15) is 0 Å². The zero-order valence-corrected chi connectivity index (χ0v) is 11.3. The molecule has 0 heterocycles. The third kappa shape index (κ3) is 4.94. The largest absolute Gasteiger partial charge is 0.382 e. The van der Waals surface area contributed by atoms with Gasteiger partial charge in [0.15, 0.2) is 0 Å². The first kappa shape index (κ1) is 13.3. The molecule has 0 aromatic rings. The Kier molecular flexibility index (Phi) is 5.26. The van der Waals surface area contributed by atoms with Gasteiger partial charge in [0.1, 0.15) is 0 Å². The van der Waals surface area contributed by atoms with Crippen molar-refractivity contribution in [2.75, 3.05) is 20.3 Å². The molecular weight excluding hydrogens is 214 g/mol. The SMILES string of the molecule is COCC(CNC1CC1)OC1CCCC(C)C1. The van der Waals surface area contributed by atoms with E-state index in [4.69, 9.17) is 9.47 Å². The molecule has 0 radical (unpaired) electrons. The zero-order valence-electron chi connectivity index (χ0n) is 11.3. The molecule has 100 valence electrons. The molecule has 2 aliphatic rings. The van der Waals surface area contributed by atoms with Crippen molar-refractivity contribution in [2.45, 2.75) is 63.7 Å². The minimum atomic E-state index is 0.232. The molecule has 0 aromatic carbocycles. The van der Waals surface area contributed by atoms with E-state index < -0.39 is 0 Å². The summed E-state index contributed by atoms with van der Waals surface area (Å²) < 4.78 is 11.5. The Labute approximate surface area is 105 Å². The van der Waals surface area contributed by atoms with Gasteiger partial charge in [-0.2, -0.15) is 0 Å². The summed E-state index contributed by atoms with van der Waals surface area (Å²) in [5.74, 6) is 0.827. The highest BCUT2D eigenvalue weighted by Crippen LogP contribution is 2.26. The molecule has 3 unspecified atom stereocenters. The number of ether oxygens (including phenoxy) is 2. The summed E-state index contributed by atoms with van der Waals surface area (Å²) in [6.07, 6.45) is 8.50. The van der Waals surface area contributed by atoms with Gasteiger partial charge in [-0.25, -0.2) is 0 Å². The van der Waals surface area contributed by atoms with Crippen molar-refractivity contribution in [1.29, 1.82) is 0 Å². The Morgan fingerprint density at radius 1 is 1.24 bits per heavy atom. The van der Waals surface area contributed by atoms with Crippen LogP contribution < -0.4 is 5.32 Å². The van der Waals surface area contributed by atoms with Gasteiger partial charge in [0.05, 0.1) is 18.8 Å². The second kappa shape index (κ2) is 6.72. The van der Waals surface area contributed by atoms with E-state index in [1.807, 2.05) is 0 Å². The van der Waals surface area contributed by atoms with Crippen molar-refractivity contribution in [3.63, 3.8) is 0 Å². The molecule has 3 heteroatoms. The van der Waals surface area contributed by atoms with Crippen molar-refractivity contribution < 1.29 is 9.47 Å². The fourth-order valence-corrected chi connectivity index (χ4v) is 2.69. The molecular formula is C14H27NO2. The van der Waals surface area contributed by atoms with Crippen LogP contribution in [0.15, 0.2) is 0 Å². The summed E-state index contributed by atoms with van der Waals surface area (Å²) in [6, 6.07) is 0.753. The Hall–Kier alpha value is -0.120. The van der Waals surface area contributed by atoms with Crippen LogP contribution in [0.2, 0.25) is 0 Å². The Bertz CT molecular complexity index is 218. The van der Waals surface area contributed by atoms with Crippen LogP contribution in [0.5, 0.6) is 0 Å². The van der Waals surface area contributed by atoms with Crippen LogP contribution in [-0.4, -0.2) is 38.5 Å². The number of nitrogens with one attached hydrogen (secondary N) is 1. The maximum atomic E-state index is 6.19. The van der Waals surface area contributed by atoms with Crippen LogP contribution in [0.1, 0.15) is 45.4 Å². The maximum absolute atomic E-state index is 6.19. The summed E-state index contributed by atoms with van der Waals surface area (Å²) >= 11 is 0. The van der Waals surface area contributed by atoms with E-state index in [1.54, 1.807) is 7.11 Å². The number of rotatable bonds is 7. The van der Waals surface area contributed by atoms with Crippen molar-refractivity contribution in [1.82, 2.24) is 5.32 Å². The second-order valence-corrected chi connectivity index (χ2v) is 5.79. The highest BCUT2D eigenvalue weighted by atomic mass is 16.5. The van der Waals surface area contributed by atoms with Gasteiger partial charge in [-0.05, 0) is 31.6 Å². The van der Waals surface area contributed by atoms with Crippen LogP contribution in [0.25, 0.3) is 0 Å². The van der Waals surface area contributed by atoms with Crippen molar-refractivity contribution in [3.05, 3.63) is 0 Å². The first-order valence-electron chi connectivity index (χ1n) is 7.15. The molecule has 1 N–H and O–H groups in total. The minimum absolute atomic E-state index is 0.232. The van der Waals surface area contributed by atoms with Crippen molar-refractivity contribution in [2.24, 2.45) is 5.92 Å². The zero-order chi connectivity index (χ0) is 12.1. The summed E-state index contributed by atoms with van der Waals surface area (Å²) in [5, 5.41) is 3.54. The summed E-state index contributed by atoms with van der Waals surface area (Å²) in [4.78, 5) is 0. The molecule has 0 bridgehead atoms. The van der Waals surface area contributed by atoms with E-state index >= 15 is 0 Å². The molecule has 0 spiro atoms. The molecule has 2 saturated carbocycles. The molecule has 0 amide bonds. The predicted molar refractivity (Wildman–Crippen MR) is 69.2 cm³/mol. The standard InChI is InChI=1S/C14H27NO2/c1-11-4-3-5-13(8-11)17-14(10-16-2)9-15-12-6-7-12/h11-15H,3-10H2,1-2H3. The third-order valence-electron chi connectivity index (χ3n) is 3.84. The Morgan fingerprint density at radius 2 is 2.06 bits per heavy atom. The molecule has 0 saturated heterocycles. The molecule has 2 fully saturated rings. The van der Waals surface area contributed by atoms with E-state index in [2.05, 4.69) is 12.2 Å². The minimum Gasteiger partial charge on any atom is -0.382 e. The maximum Gasteiger partial charge on any atom is 0.0936 e. The van der Waals surface area contributed by atoms with Gasteiger partial charge in [0.25, 0.3) is 0 Å². The number of hydrogen-bond acceptors (Lipinski definition) is 3. The average molecular weight is 241 g/mol. The van der Waals surface area contributed by atoms with E-state index in [0.29, 0.717) is 12.7 Å². The molecule has 2 aliphatic carbocycles. The molecule has 2 rings (SSSR count). The lowest BCUT2D eigenvalue weighted by Crippen LogP contribution is -2.37. The fraction of sp³-hybridized carbons (Fsp3) is 1.00. The lowest BCUT2D eigenvalue weighted by molar-refractivity contribution is -0.0659. The van der Waals surface area contributed by atoms with Gasteiger partial charge < -0.3 is 14.8 Å². The third-order valence-corrected chi connectivity index (χ3v) is 3.84. The van der Waals surface area contributed by atoms with E-state index in [0.717, 1.165) is 18.5 Å². The number of hydrogen-bond donors (Lipinski definition) is 1. The molecule has 0 aromatic heterocycles. The quantitative estimate of drug-likeness (QED) is 0.742. The van der Waals surface area contributed by atoms with E-state index in [-0.39, 0.29) is 6.10 Å². The summed E-state index contributed by atoms with van der Waals surface area (Å²) in [5.41, 5.74) is 0. The van der Waals surface area contributed by atoms with Crippen molar-refractivity contribution in [3.8, 4) is 0 Å². The van der Waals surface area contributed by atoms with Crippen LogP contribution >= 0.6 is 0 Å².